The number of carbonyl (C=O) groups excluding carboxylic acids is 2. The molecule has 0 aromatic heterocycles. The Morgan fingerprint density at radius 2 is 1.29 bits per heavy atom. The first kappa shape index (κ1) is 12.9. The number of ketones is 2. The first-order valence-corrected chi connectivity index (χ1v) is 5.31. The zero-order chi connectivity index (χ0) is 11.3. The monoisotopic (exact) mass is 314 g/mol. The fourth-order valence-electron chi connectivity index (χ4n) is 0.760. The average molecular weight is 317 g/mol. The Bertz CT molecular complexity index is 355. The summed E-state index contributed by atoms with van der Waals surface area (Å²) in [6.45, 7) is 0. The smallest absolute Gasteiger partial charge is 0.244 e. The van der Waals surface area contributed by atoms with Gasteiger partial charge in [0.1, 0.15) is 5.03 Å². The van der Waals surface area contributed by atoms with E-state index in [-0.39, 0.29) is 0 Å². The molecular weight excluding hydrogens is 317 g/mol. The molecule has 0 aromatic rings. The van der Waals surface area contributed by atoms with Gasteiger partial charge in [-0.1, -0.05) is 69.6 Å². The van der Waals surface area contributed by atoms with Crippen LogP contribution in [-0.2, 0) is 9.59 Å². The van der Waals surface area contributed by atoms with E-state index in [1.807, 2.05) is 0 Å². The van der Waals surface area contributed by atoms with Gasteiger partial charge in [0.15, 0.2) is 4.33 Å². The van der Waals surface area contributed by atoms with Crippen molar-refractivity contribution in [3.63, 3.8) is 0 Å². The molecule has 0 spiro atoms. The topological polar surface area (TPSA) is 34.1 Å². The largest absolute Gasteiger partial charge is 0.287 e. The van der Waals surface area contributed by atoms with E-state index in [0.717, 1.165) is 0 Å². The van der Waals surface area contributed by atoms with Crippen LogP contribution in [0.5, 0.6) is 0 Å². The number of Topliss-reactive ketones (excluding diaryl/α,β-unsaturated/α-hetero) is 2. The molecule has 0 fully saturated rings. The summed E-state index contributed by atoms with van der Waals surface area (Å²) in [6, 6.07) is 0. The van der Waals surface area contributed by atoms with Crippen LogP contribution in [0.15, 0.2) is 10.1 Å². The van der Waals surface area contributed by atoms with Crippen LogP contribution < -0.4 is 0 Å². The SMILES string of the molecule is O=C1C(=O)C(Cl)(Cl)C(Cl)(Cl)C(Cl)=C1Cl. The number of halogens is 6. The number of rotatable bonds is 0. The van der Waals surface area contributed by atoms with E-state index in [2.05, 4.69) is 0 Å². The van der Waals surface area contributed by atoms with Crippen molar-refractivity contribution in [3.05, 3.63) is 10.1 Å². The Morgan fingerprint density at radius 1 is 0.857 bits per heavy atom. The summed E-state index contributed by atoms with van der Waals surface area (Å²) < 4.78 is -4.46. The Kier molecular flexibility index (Phi) is 3.39. The van der Waals surface area contributed by atoms with Gasteiger partial charge in [-0.05, 0) is 0 Å². The summed E-state index contributed by atoms with van der Waals surface area (Å²) in [5.74, 6) is -2.32. The zero-order valence-electron chi connectivity index (χ0n) is 6.08. The second kappa shape index (κ2) is 3.69. The van der Waals surface area contributed by atoms with E-state index in [4.69, 9.17) is 69.6 Å². The van der Waals surface area contributed by atoms with Crippen LogP contribution in [0.4, 0.5) is 0 Å². The number of alkyl halides is 4. The zero-order valence-corrected chi connectivity index (χ0v) is 10.6. The molecule has 1 aliphatic carbocycles. The Balaban J connectivity index is 3.49. The molecule has 0 amide bonds. The van der Waals surface area contributed by atoms with Gasteiger partial charge in [-0.25, -0.2) is 0 Å². The lowest BCUT2D eigenvalue weighted by Gasteiger charge is -2.34. The quantitative estimate of drug-likeness (QED) is 0.508. The Morgan fingerprint density at radius 3 is 1.71 bits per heavy atom. The van der Waals surface area contributed by atoms with Crippen LogP contribution >= 0.6 is 69.6 Å². The van der Waals surface area contributed by atoms with Crippen LogP contribution in [0.1, 0.15) is 0 Å². The van der Waals surface area contributed by atoms with Gasteiger partial charge in [0.05, 0.1) is 5.03 Å². The molecule has 0 saturated heterocycles. The van der Waals surface area contributed by atoms with E-state index < -0.39 is 30.3 Å². The summed E-state index contributed by atoms with van der Waals surface area (Å²) in [6.07, 6.45) is 0. The van der Waals surface area contributed by atoms with Crippen molar-refractivity contribution in [2.45, 2.75) is 8.67 Å². The molecule has 14 heavy (non-hydrogen) atoms. The highest BCUT2D eigenvalue weighted by atomic mass is 35.5. The lowest BCUT2D eigenvalue weighted by molar-refractivity contribution is -0.135. The average Bonchev–Trinajstić information content (AvgIpc) is 2.10. The molecule has 0 unspecified atom stereocenters. The van der Waals surface area contributed by atoms with Gasteiger partial charge in [0.25, 0.3) is 0 Å². The van der Waals surface area contributed by atoms with Crippen molar-refractivity contribution in [2.24, 2.45) is 0 Å². The minimum Gasteiger partial charge on any atom is -0.287 e. The second-order valence-electron chi connectivity index (χ2n) is 2.43. The number of hydrogen-bond acceptors (Lipinski definition) is 2. The molecule has 0 bridgehead atoms. The van der Waals surface area contributed by atoms with Gasteiger partial charge in [-0.3, -0.25) is 9.59 Å². The first-order chi connectivity index (χ1) is 6.14. The highest BCUT2D eigenvalue weighted by molar-refractivity contribution is 6.82. The lowest BCUT2D eigenvalue weighted by Crippen LogP contribution is -2.51. The fraction of sp³-hybridized carbons (Fsp3) is 0.333. The summed E-state index contributed by atoms with van der Waals surface area (Å²) in [5, 5.41) is -1.03. The van der Waals surface area contributed by atoms with Crippen LogP contribution in [0.2, 0.25) is 0 Å². The van der Waals surface area contributed by atoms with Crippen molar-refractivity contribution >= 4 is 81.2 Å². The minimum absolute atomic E-state index is 0.461. The number of allylic oxidation sites excluding steroid dienone is 2. The van der Waals surface area contributed by atoms with Crippen molar-refractivity contribution in [1.29, 1.82) is 0 Å². The third-order valence-corrected chi connectivity index (χ3v) is 4.92. The highest BCUT2D eigenvalue weighted by Gasteiger charge is 2.61. The summed E-state index contributed by atoms with van der Waals surface area (Å²) in [4.78, 5) is 22.4. The maximum absolute atomic E-state index is 11.3. The van der Waals surface area contributed by atoms with Crippen molar-refractivity contribution < 1.29 is 9.59 Å². The molecular formula is C6Cl6O2. The molecule has 0 aliphatic heterocycles. The molecule has 0 heterocycles. The second-order valence-corrected chi connectivity index (χ2v) is 5.85. The fourth-order valence-corrected chi connectivity index (χ4v) is 2.13. The lowest BCUT2D eigenvalue weighted by atomic mass is 10.0. The maximum Gasteiger partial charge on any atom is 0.244 e. The number of hydrogen-bond donors (Lipinski definition) is 0. The molecule has 0 aromatic carbocycles. The molecule has 0 N–H and O–H groups in total. The van der Waals surface area contributed by atoms with Gasteiger partial charge in [0.2, 0.25) is 15.9 Å². The van der Waals surface area contributed by atoms with E-state index in [1.165, 1.54) is 0 Å². The standard InChI is InChI=1S/C6Cl6O2/c7-1-2(13)4(14)6(11,12)5(9,10)3(1)8. The van der Waals surface area contributed by atoms with Crippen LogP contribution in [0, 0.1) is 0 Å². The van der Waals surface area contributed by atoms with Crippen molar-refractivity contribution in [3.8, 4) is 0 Å². The summed E-state index contributed by atoms with van der Waals surface area (Å²) in [7, 11) is 0. The normalized spacial score (nSPS) is 25.6. The maximum atomic E-state index is 11.3. The summed E-state index contributed by atoms with van der Waals surface area (Å²) >= 11 is 33.3. The van der Waals surface area contributed by atoms with E-state index in [1.54, 1.807) is 0 Å². The molecule has 1 rings (SSSR count). The predicted molar refractivity (Wildman–Crippen MR) is 57.6 cm³/mol. The van der Waals surface area contributed by atoms with Gasteiger partial charge >= 0.3 is 0 Å². The highest BCUT2D eigenvalue weighted by Crippen LogP contribution is 2.53. The minimum atomic E-state index is -2.33. The van der Waals surface area contributed by atoms with E-state index in [9.17, 15) is 9.59 Å². The third kappa shape index (κ3) is 1.57. The molecule has 0 saturated carbocycles. The van der Waals surface area contributed by atoms with Crippen molar-refractivity contribution in [1.82, 2.24) is 0 Å². The van der Waals surface area contributed by atoms with Gasteiger partial charge in [0, 0.05) is 0 Å². The molecule has 0 atom stereocenters. The Hall–Kier alpha value is 0.820. The van der Waals surface area contributed by atoms with Crippen LogP contribution in [0.3, 0.4) is 0 Å². The number of carbonyl (C=O) groups is 2. The van der Waals surface area contributed by atoms with Crippen LogP contribution in [-0.4, -0.2) is 20.2 Å². The molecule has 1 aliphatic rings. The predicted octanol–water partition coefficient (Wildman–Crippen LogP) is 3.18. The first-order valence-electron chi connectivity index (χ1n) is 3.04. The van der Waals surface area contributed by atoms with Gasteiger partial charge in [-0.2, -0.15) is 0 Å². The molecule has 78 valence electrons. The Labute approximate surface area is 109 Å². The molecule has 8 heteroatoms. The van der Waals surface area contributed by atoms with Crippen molar-refractivity contribution in [2.75, 3.05) is 0 Å². The van der Waals surface area contributed by atoms with Gasteiger partial charge < -0.3 is 0 Å². The molecule has 0 radical (unpaired) electrons. The third-order valence-electron chi connectivity index (χ3n) is 1.55. The summed E-state index contributed by atoms with van der Waals surface area (Å²) in [5.41, 5.74) is 0. The van der Waals surface area contributed by atoms with Gasteiger partial charge in [-0.15, -0.1) is 0 Å². The van der Waals surface area contributed by atoms with E-state index in [0.29, 0.717) is 0 Å². The van der Waals surface area contributed by atoms with E-state index >= 15 is 0 Å². The molecule has 2 nitrogen and oxygen atoms in total. The van der Waals surface area contributed by atoms with Crippen LogP contribution in [0.25, 0.3) is 0 Å².